The average molecular weight is 231 g/mol. The Morgan fingerprint density at radius 1 is 1.35 bits per heavy atom. The van der Waals surface area contributed by atoms with E-state index in [9.17, 15) is 0 Å². The second kappa shape index (κ2) is 4.65. The van der Waals surface area contributed by atoms with E-state index < -0.39 is 0 Å². The first-order valence-electron chi connectivity index (χ1n) is 6.76. The number of hydrogen-bond donors (Lipinski definition) is 1. The average Bonchev–Trinajstić information content (AvgIpc) is 3.04. The summed E-state index contributed by atoms with van der Waals surface area (Å²) in [6.45, 7) is 4.35. The molecule has 0 radical (unpaired) electrons. The number of anilines is 1. The number of aryl methyl sites for hydroxylation is 1. The van der Waals surface area contributed by atoms with E-state index in [2.05, 4.69) is 40.3 Å². The Bertz CT molecular complexity index is 387. The predicted octanol–water partition coefficient (Wildman–Crippen LogP) is 2.11. The van der Waals surface area contributed by atoms with Crippen molar-refractivity contribution in [2.24, 2.45) is 0 Å². The maximum Gasteiger partial charge on any atom is 0.129 e. The van der Waals surface area contributed by atoms with Gasteiger partial charge in [-0.05, 0) is 44.7 Å². The van der Waals surface area contributed by atoms with Gasteiger partial charge >= 0.3 is 0 Å². The van der Waals surface area contributed by atoms with Crippen LogP contribution in [0.1, 0.15) is 31.4 Å². The number of pyridine rings is 1. The fraction of sp³-hybridized carbons (Fsp3) is 0.643. The lowest BCUT2D eigenvalue weighted by Gasteiger charge is -2.26. The molecule has 1 aromatic heterocycles. The van der Waals surface area contributed by atoms with E-state index in [1.807, 2.05) is 0 Å². The first-order chi connectivity index (χ1) is 8.33. The van der Waals surface area contributed by atoms with Crippen molar-refractivity contribution in [1.82, 2.24) is 10.3 Å². The van der Waals surface area contributed by atoms with E-state index in [-0.39, 0.29) is 0 Å². The molecule has 1 aliphatic carbocycles. The van der Waals surface area contributed by atoms with Gasteiger partial charge < -0.3 is 10.2 Å². The monoisotopic (exact) mass is 231 g/mol. The van der Waals surface area contributed by atoms with Gasteiger partial charge in [-0.3, -0.25) is 0 Å². The van der Waals surface area contributed by atoms with Gasteiger partial charge in [-0.2, -0.15) is 0 Å². The SMILES string of the molecule is Cc1cccc(N2CCCC2CNC2CC2)n1. The van der Waals surface area contributed by atoms with Crippen molar-refractivity contribution in [3.8, 4) is 0 Å². The van der Waals surface area contributed by atoms with Crippen molar-refractivity contribution in [3.05, 3.63) is 23.9 Å². The summed E-state index contributed by atoms with van der Waals surface area (Å²) in [5.74, 6) is 1.16. The summed E-state index contributed by atoms with van der Waals surface area (Å²) in [6, 6.07) is 7.77. The third-order valence-electron chi connectivity index (χ3n) is 3.76. The molecule has 1 saturated heterocycles. The Morgan fingerprint density at radius 2 is 2.24 bits per heavy atom. The molecule has 3 rings (SSSR count). The molecule has 0 aromatic carbocycles. The lowest BCUT2D eigenvalue weighted by atomic mass is 10.2. The number of rotatable bonds is 4. The minimum Gasteiger partial charge on any atom is -0.352 e. The third kappa shape index (κ3) is 2.60. The van der Waals surface area contributed by atoms with Crippen molar-refractivity contribution in [3.63, 3.8) is 0 Å². The molecule has 3 heteroatoms. The largest absolute Gasteiger partial charge is 0.352 e. The second-order valence-electron chi connectivity index (χ2n) is 5.31. The number of nitrogens with one attached hydrogen (secondary N) is 1. The Hall–Kier alpha value is -1.09. The summed E-state index contributed by atoms with van der Waals surface area (Å²) >= 11 is 0. The van der Waals surface area contributed by atoms with Crippen LogP contribution in [-0.4, -0.2) is 30.2 Å². The Morgan fingerprint density at radius 3 is 3.00 bits per heavy atom. The fourth-order valence-corrected chi connectivity index (χ4v) is 2.63. The molecular formula is C14H21N3. The predicted molar refractivity (Wildman–Crippen MR) is 70.4 cm³/mol. The van der Waals surface area contributed by atoms with Crippen molar-refractivity contribution < 1.29 is 0 Å². The highest BCUT2D eigenvalue weighted by Crippen LogP contribution is 2.25. The standard InChI is InChI=1S/C14H21N3/c1-11-4-2-6-14(16-11)17-9-3-5-13(17)10-15-12-7-8-12/h2,4,6,12-13,15H,3,5,7-10H2,1H3. The Labute approximate surface area is 103 Å². The van der Waals surface area contributed by atoms with Crippen molar-refractivity contribution in [1.29, 1.82) is 0 Å². The van der Waals surface area contributed by atoms with Crippen molar-refractivity contribution in [2.75, 3.05) is 18.0 Å². The minimum absolute atomic E-state index is 0.643. The highest BCUT2D eigenvalue weighted by atomic mass is 15.2. The highest BCUT2D eigenvalue weighted by molar-refractivity contribution is 5.41. The van der Waals surface area contributed by atoms with Gasteiger partial charge in [-0.25, -0.2) is 4.98 Å². The van der Waals surface area contributed by atoms with Gasteiger partial charge in [0.15, 0.2) is 0 Å². The molecule has 1 aliphatic heterocycles. The molecular weight excluding hydrogens is 210 g/mol. The molecule has 2 aliphatic rings. The molecule has 1 aromatic rings. The lowest BCUT2D eigenvalue weighted by Crippen LogP contribution is -2.39. The fourth-order valence-electron chi connectivity index (χ4n) is 2.63. The lowest BCUT2D eigenvalue weighted by molar-refractivity contribution is 0.568. The summed E-state index contributed by atoms with van der Waals surface area (Å²) in [4.78, 5) is 7.12. The van der Waals surface area contributed by atoms with Gasteiger partial charge in [-0.1, -0.05) is 6.07 Å². The smallest absolute Gasteiger partial charge is 0.129 e. The van der Waals surface area contributed by atoms with Crippen molar-refractivity contribution in [2.45, 2.75) is 44.7 Å². The highest BCUT2D eigenvalue weighted by Gasteiger charge is 2.28. The maximum atomic E-state index is 4.65. The third-order valence-corrected chi connectivity index (χ3v) is 3.76. The van der Waals surface area contributed by atoms with E-state index in [1.54, 1.807) is 0 Å². The van der Waals surface area contributed by atoms with Crippen LogP contribution in [-0.2, 0) is 0 Å². The zero-order chi connectivity index (χ0) is 11.7. The normalized spacial score (nSPS) is 24.3. The Kier molecular flexibility index (Phi) is 3.02. The second-order valence-corrected chi connectivity index (χ2v) is 5.31. The van der Waals surface area contributed by atoms with Gasteiger partial charge in [0.25, 0.3) is 0 Å². The summed E-state index contributed by atoms with van der Waals surface area (Å²) < 4.78 is 0. The molecule has 0 bridgehead atoms. The zero-order valence-electron chi connectivity index (χ0n) is 10.5. The van der Waals surface area contributed by atoms with E-state index in [0.29, 0.717) is 6.04 Å². The first kappa shape index (κ1) is 11.0. The van der Waals surface area contributed by atoms with Crippen LogP contribution in [0.5, 0.6) is 0 Å². The Balaban J connectivity index is 1.67. The van der Waals surface area contributed by atoms with Gasteiger partial charge in [0.1, 0.15) is 5.82 Å². The van der Waals surface area contributed by atoms with Crippen LogP contribution in [0, 0.1) is 6.92 Å². The number of aromatic nitrogens is 1. The molecule has 2 heterocycles. The zero-order valence-corrected chi connectivity index (χ0v) is 10.5. The summed E-state index contributed by atoms with van der Waals surface area (Å²) in [5, 5.41) is 3.64. The van der Waals surface area contributed by atoms with E-state index in [0.717, 1.165) is 30.6 Å². The van der Waals surface area contributed by atoms with Crippen LogP contribution in [0.15, 0.2) is 18.2 Å². The summed E-state index contributed by atoms with van der Waals surface area (Å²) in [6.07, 6.45) is 5.34. The minimum atomic E-state index is 0.643. The topological polar surface area (TPSA) is 28.2 Å². The van der Waals surface area contributed by atoms with Gasteiger partial charge in [0.05, 0.1) is 0 Å². The van der Waals surface area contributed by atoms with Crippen LogP contribution in [0.2, 0.25) is 0 Å². The van der Waals surface area contributed by atoms with E-state index in [4.69, 9.17) is 0 Å². The summed E-state index contributed by atoms with van der Waals surface area (Å²) in [5.41, 5.74) is 1.11. The molecule has 0 spiro atoms. The van der Waals surface area contributed by atoms with Crippen LogP contribution in [0.25, 0.3) is 0 Å². The molecule has 92 valence electrons. The molecule has 1 unspecified atom stereocenters. The van der Waals surface area contributed by atoms with Gasteiger partial charge in [0.2, 0.25) is 0 Å². The van der Waals surface area contributed by atoms with Crippen LogP contribution >= 0.6 is 0 Å². The van der Waals surface area contributed by atoms with Crippen LogP contribution < -0.4 is 10.2 Å². The molecule has 1 atom stereocenters. The van der Waals surface area contributed by atoms with Gasteiger partial charge in [0, 0.05) is 30.9 Å². The maximum absolute atomic E-state index is 4.65. The molecule has 1 N–H and O–H groups in total. The number of hydrogen-bond acceptors (Lipinski definition) is 3. The van der Waals surface area contributed by atoms with Crippen LogP contribution in [0.3, 0.4) is 0 Å². The van der Waals surface area contributed by atoms with E-state index in [1.165, 1.54) is 25.7 Å². The van der Waals surface area contributed by atoms with Crippen LogP contribution in [0.4, 0.5) is 5.82 Å². The summed E-state index contributed by atoms with van der Waals surface area (Å²) in [7, 11) is 0. The van der Waals surface area contributed by atoms with Gasteiger partial charge in [-0.15, -0.1) is 0 Å². The molecule has 3 nitrogen and oxygen atoms in total. The number of nitrogens with zero attached hydrogens (tertiary/aromatic N) is 2. The van der Waals surface area contributed by atoms with Crippen molar-refractivity contribution >= 4 is 5.82 Å². The molecule has 1 saturated carbocycles. The van der Waals surface area contributed by atoms with E-state index >= 15 is 0 Å². The first-order valence-corrected chi connectivity index (χ1v) is 6.76. The molecule has 17 heavy (non-hydrogen) atoms. The molecule has 2 fully saturated rings. The quantitative estimate of drug-likeness (QED) is 0.860. The molecule has 0 amide bonds.